The highest BCUT2D eigenvalue weighted by Gasteiger charge is 2.19. The van der Waals surface area contributed by atoms with Gasteiger partial charge in [-0.15, -0.1) is 0 Å². The van der Waals surface area contributed by atoms with E-state index in [-0.39, 0.29) is 6.10 Å². The zero-order valence-corrected chi connectivity index (χ0v) is 10.7. The first-order valence-corrected chi connectivity index (χ1v) is 6.46. The van der Waals surface area contributed by atoms with E-state index in [9.17, 15) is 0 Å². The smallest absolute Gasteiger partial charge is 0.136 e. The van der Waals surface area contributed by atoms with Crippen LogP contribution in [-0.4, -0.2) is 16.6 Å². The summed E-state index contributed by atoms with van der Waals surface area (Å²) in [4.78, 5) is 7.77. The van der Waals surface area contributed by atoms with E-state index in [0.29, 0.717) is 10.0 Å². The second-order valence-corrected chi connectivity index (χ2v) is 5.08. The maximum atomic E-state index is 5.97. The summed E-state index contributed by atoms with van der Waals surface area (Å²) in [7, 11) is 0. The van der Waals surface area contributed by atoms with E-state index in [4.69, 9.17) is 27.9 Å². The van der Waals surface area contributed by atoms with Gasteiger partial charge in [0.05, 0.1) is 21.1 Å². The molecule has 2 heterocycles. The Labute approximate surface area is 109 Å². The molecule has 17 heavy (non-hydrogen) atoms. The maximum Gasteiger partial charge on any atom is 0.136 e. The number of hydrogen-bond acceptors (Lipinski definition) is 2. The molecule has 3 rings (SSSR count). The summed E-state index contributed by atoms with van der Waals surface area (Å²) < 4.78 is 5.69. The molecule has 1 N–H and O–H groups in total. The number of halogens is 2. The normalized spacial score (nSPS) is 20.9. The van der Waals surface area contributed by atoms with Gasteiger partial charge < -0.3 is 9.72 Å². The topological polar surface area (TPSA) is 37.9 Å². The Kier molecular flexibility index (Phi) is 2.99. The molecule has 1 unspecified atom stereocenters. The molecule has 3 nitrogen and oxygen atoms in total. The molecule has 1 saturated heterocycles. The van der Waals surface area contributed by atoms with Crippen LogP contribution in [0.1, 0.15) is 31.2 Å². The van der Waals surface area contributed by atoms with Crippen molar-refractivity contribution in [1.29, 1.82) is 0 Å². The first kappa shape index (κ1) is 11.3. The van der Waals surface area contributed by atoms with Gasteiger partial charge in [0.2, 0.25) is 0 Å². The van der Waals surface area contributed by atoms with Crippen LogP contribution >= 0.6 is 23.2 Å². The van der Waals surface area contributed by atoms with Crippen molar-refractivity contribution in [2.24, 2.45) is 0 Å². The SMILES string of the molecule is Clc1cc2nc(C3CCCCO3)[nH]c2cc1Cl. The number of hydrogen-bond donors (Lipinski definition) is 1. The van der Waals surface area contributed by atoms with E-state index in [1.807, 2.05) is 0 Å². The number of aromatic amines is 1. The van der Waals surface area contributed by atoms with Crippen molar-refractivity contribution < 1.29 is 4.74 Å². The number of ether oxygens (including phenoxy) is 1. The summed E-state index contributed by atoms with van der Waals surface area (Å²) in [5, 5.41) is 1.07. The van der Waals surface area contributed by atoms with E-state index >= 15 is 0 Å². The van der Waals surface area contributed by atoms with E-state index in [2.05, 4.69) is 9.97 Å². The minimum atomic E-state index is 0.0775. The van der Waals surface area contributed by atoms with Crippen LogP contribution in [0.3, 0.4) is 0 Å². The van der Waals surface area contributed by atoms with Gasteiger partial charge in [0, 0.05) is 6.61 Å². The largest absolute Gasteiger partial charge is 0.370 e. The van der Waals surface area contributed by atoms with Crippen molar-refractivity contribution in [3.63, 3.8) is 0 Å². The molecule has 1 aromatic heterocycles. The van der Waals surface area contributed by atoms with Crippen molar-refractivity contribution >= 4 is 34.2 Å². The first-order chi connectivity index (χ1) is 8.24. The second-order valence-electron chi connectivity index (χ2n) is 4.26. The number of fused-ring (bicyclic) bond motifs is 1. The molecule has 1 aromatic carbocycles. The third-order valence-electron chi connectivity index (χ3n) is 3.03. The summed E-state index contributed by atoms with van der Waals surface area (Å²) in [5.74, 6) is 0.873. The lowest BCUT2D eigenvalue weighted by molar-refractivity contribution is 0.0101. The fourth-order valence-electron chi connectivity index (χ4n) is 2.13. The van der Waals surface area contributed by atoms with E-state index < -0.39 is 0 Å². The van der Waals surface area contributed by atoms with E-state index in [0.717, 1.165) is 36.3 Å². The average Bonchev–Trinajstić information content (AvgIpc) is 2.74. The molecule has 1 aliphatic heterocycles. The summed E-state index contributed by atoms with van der Waals surface area (Å²) in [5.41, 5.74) is 1.74. The third kappa shape index (κ3) is 2.15. The Morgan fingerprint density at radius 3 is 2.82 bits per heavy atom. The quantitative estimate of drug-likeness (QED) is 0.847. The van der Waals surface area contributed by atoms with Gasteiger partial charge >= 0.3 is 0 Å². The van der Waals surface area contributed by atoms with Crippen LogP contribution in [0, 0.1) is 0 Å². The molecule has 0 aliphatic carbocycles. The number of rotatable bonds is 1. The molecule has 90 valence electrons. The van der Waals surface area contributed by atoms with Gasteiger partial charge in [0.1, 0.15) is 11.9 Å². The lowest BCUT2D eigenvalue weighted by Gasteiger charge is -2.20. The van der Waals surface area contributed by atoms with Gasteiger partial charge in [-0.3, -0.25) is 0 Å². The summed E-state index contributed by atoms with van der Waals surface area (Å²) in [6.07, 6.45) is 3.41. The number of nitrogens with one attached hydrogen (secondary N) is 1. The average molecular weight is 271 g/mol. The number of nitrogens with zero attached hydrogens (tertiary/aromatic N) is 1. The molecular weight excluding hydrogens is 259 g/mol. The number of benzene rings is 1. The highest BCUT2D eigenvalue weighted by atomic mass is 35.5. The Balaban J connectivity index is 2.00. The molecule has 1 aliphatic rings. The molecule has 0 spiro atoms. The van der Waals surface area contributed by atoms with Crippen LogP contribution in [-0.2, 0) is 4.74 Å². The van der Waals surface area contributed by atoms with Crippen molar-refractivity contribution in [1.82, 2.24) is 9.97 Å². The van der Waals surface area contributed by atoms with Crippen LogP contribution in [0.2, 0.25) is 10.0 Å². The Hall–Kier alpha value is -0.770. The number of aromatic nitrogens is 2. The summed E-state index contributed by atoms with van der Waals surface area (Å²) in [6, 6.07) is 3.58. The van der Waals surface area contributed by atoms with Crippen molar-refractivity contribution in [3.8, 4) is 0 Å². The lowest BCUT2D eigenvalue weighted by Crippen LogP contribution is -2.12. The highest BCUT2D eigenvalue weighted by molar-refractivity contribution is 6.42. The molecule has 0 bridgehead atoms. The second kappa shape index (κ2) is 4.48. The van der Waals surface area contributed by atoms with Crippen LogP contribution in [0.4, 0.5) is 0 Å². The fraction of sp³-hybridized carbons (Fsp3) is 0.417. The molecular formula is C12H12Cl2N2O. The third-order valence-corrected chi connectivity index (χ3v) is 3.75. The molecule has 2 aromatic rings. The molecule has 0 radical (unpaired) electrons. The summed E-state index contributed by atoms with van der Waals surface area (Å²) in [6.45, 7) is 0.809. The Morgan fingerprint density at radius 2 is 2.06 bits per heavy atom. The van der Waals surface area contributed by atoms with E-state index in [1.165, 1.54) is 6.42 Å². The van der Waals surface area contributed by atoms with Crippen molar-refractivity contribution in [3.05, 3.63) is 28.0 Å². The van der Waals surface area contributed by atoms with Crippen molar-refractivity contribution in [2.75, 3.05) is 6.61 Å². The predicted octanol–water partition coefficient (Wildman–Crippen LogP) is 4.11. The number of H-pyrrole nitrogens is 1. The van der Waals surface area contributed by atoms with Gasteiger partial charge in [0.15, 0.2) is 0 Å². The van der Waals surface area contributed by atoms with Crippen molar-refractivity contribution in [2.45, 2.75) is 25.4 Å². The standard InChI is InChI=1S/C12H12Cl2N2O/c13-7-5-9-10(6-8(7)14)16-12(15-9)11-3-1-2-4-17-11/h5-6,11H,1-4H2,(H,15,16). The molecule has 0 saturated carbocycles. The highest BCUT2D eigenvalue weighted by Crippen LogP contribution is 2.30. The number of imidazole rings is 1. The zero-order valence-electron chi connectivity index (χ0n) is 9.17. The van der Waals surface area contributed by atoms with Gasteiger partial charge in [0.25, 0.3) is 0 Å². The van der Waals surface area contributed by atoms with Gasteiger partial charge in [-0.1, -0.05) is 23.2 Å². The fourth-order valence-corrected chi connectivity index (χ4v) is 2.46. The molecule has 0 amide bonds. The Bertz CT molecular complexity index is 508. The molecule has 1 fully saturated rings. The van der Waals surface area contributed by atoms with Crippen LogP contribution in [0.5, 0.6) is 0 Å². The predicted molar refractivity (Wildman–Crippen MR) is 68.7 cm³/mol. The van der Waals surface area contributed by atoms with Crippen LogP contribution in [0.15, 0.2) is 12.1 Å². The maximum absolute atomic E-state index is 5.97. The zero-order chi connectivity index (χ0) is 11.8. The molecule has 5 heteroatoms. The summed E-state index contributed by atoms with van der Waals surface area (Å²) >= 11 is 11.9. The molecule has 1 atom stereocenters. The van der Waals surface area contributed by atoms with Gasteiger partial charge in [-0.25, -0.2) is 4.98 Å². The first-order valence-electron chi connectivity index (χ1n) is 5.70. The monoisotopic (exact) mass is 270 g/mol. The van der Waals surface area contributed by atoms with Crippen LogP contribution in [0.25, 0.3) is 11.0 Å². The van der Waals surface area contributed by atoms with Gasteiger partial charge in [-0.2, -0.15) is 0 Å². The lowest BCUT2D eigenvalue weighted by atomic mass is 10.1. The minimum absolute atomic E-state index is 0.0775. The van der Waals surface area contributed by atoms with E-state index in [1.54, 1.807) is 12.1 Å². The van der Waals surface area contributed by atoms with Gasteiger partial charge in [-0.05, 0) is 31.4 Å². The van der Waals surface area contributed by atoms with Crippen LogP contribution < -0.4 is 0 Å². The Morgan fingerprint density at radius 1 is 1.24 bits per heavy atom. The minimum Gasteiger partial charge on any atom is -0.370 e.